The first-order chi connectivity index (χ1) is 14.6. The number of rotatable bonds is 7. The Balaban J connectivity index is 1.41. The highest BCUT2D eigenvalue weighted by Crippen LogP contribution is 2.16. The zero-order valence-electron chi connectivity index (χ0n) is 17.2. The zero-order valence-corrected chi connectivity index (χ0v) is 17.2. The van der Waals surface area contributed by atoms with Crippen molar-refractivity contribution in [3.05, 3.63) is 106 Å². The van der Waals surface area contributed by atoms with Crippen LogP contribution >= 0.6 is 0 Å². The standard InChI is InChI=1S/C24H25N5O/c1-18-14-23(30)27-24(26-18)21-10-8-20(9-11-21)15-28(2)17-22-25-12-13-29(22)16-19-6-4-3-5-7-19/h3-14H,15-17H2,1-2H3,(H,26,27,30). The highest BCUT2D eigenvalue weighted by Gasteiger charge is 2.09. The molecular formula is C24H25N5O. The van der Waals surface area contributed by atoms with E-state index in [9.17, 15) is 4.79 Å². The topological polar surface area (TPSA) is 66.8 Å². The normalized spacial score (nSPS) is 11.2. The molecule has 2 heterocycles. The summed E-state index contributed by atoms with van der Waals surface area (Å²) in [7, 11) is 2.09. The highest BCUT2D eigenvalue weighted by atomic mass is 16.1. The number of benzene rings is 2. The molecule has 0 saturated heterocycles. The molecule has 4 rings (SSSR count). The van der Waals surface area contributed by atoms with E-state index in [0.717, 1.165) is 31.0 Å². The maximum absolute atomic E-state index is 11.7. The van der Waals surface area contributed by atoms with Crippen molar-refractivity contribution in [3.8, 4) is 11.4 Å². The van der Waals surface area contributed by atoms with E-state index in [1.165, 1.54) is 17.2 Å². The van der Waals surface area contributed by atoms with Crippen molar-refractivity contribution in [2.75, 3.05) is 7.05 Å². The number of H-pyrrole nitrogens is 1. The summed E-state index contributed by atoms with van der Waals surface area (Å²) in [4.78, 5) is 25.7. The molecular weight excluding hydrogens is 374 g/mol. The van der Waals surface area contributed by atoms with Crippen LogP contribution in [-0.4, -0.2) is 31.5 Å². The fourth-order valence-corrected chi connectivity index (χ4v) is 3.51. The van der Waals surface area contributed by atoms with Crippen molar-refractivity contribution in [3.63, 3.8) is 0 Å². The SMILES string of the molecule is Cc1cc(=O)[nH]c(-c2ccc(CN(C)Cc3nccn3Cc3ccccc3)cc2)n1. The summed E-state index contributed by atoms with van der Waals surface area (Å²) in [6, 6.07) is 20.0. The molecule has 0 saturated carbocycles. The number of nitrogens with one attached hydrogen (secondary N) is 1. The lowest BCUT2D eigenvalue weighted by Crippen LogP contribution is -2.20. The van der Waals surface area contributed by atoms with Crippen LogP contribution in [0.25, 0.3) is 11.4 Å². The monoisotopic (exact) mass is 399 g/mol. The molecule has 0 fully saturated rings. The van der Waals surface area contributed by atoms with Gasteiger partial charge in [0.25, 0.3) is 5.56 Å². The van der Waals surface area contributed by atoms with E-state index in [2.05, 4.69) is 67.9 Å². The number of aromatic amines is 1. The second-order valence-electron chi connectivity index (χ2n) is 7.56. The Morgan fingerprint density at radius 3 is 2.50 bits per heavy atom. The molecule has 6 heteroatoms. The molecule has 4 aromatic rings. The van der Waals surface area contributed by atoms with Gasteiger partial charge in [0.15, 0.2) is 0 Å². The molecule has 0 aliphatic carbocycles. The molecule has 6 nitrogen and oxygen atoms in total. The summed E-state index contributed by atoms with van der Waals surface area (Å²) >= 11 is 0. The number of hydrogen-bond acceptors (Lipinski definition) is 4. The first-order valence-corrected chi connectivity index (χ1v) is 9.96. The molecule has 2 aromatic carbocycles. The van der Waals surface area contributed by atoms with Crippen molar-refractivity contribution in [2.45, 2.75) is 26.6 Å². The van der Waals surface area contributed by atoms with Gasteiger partial charge in [-0.1, -0.05) is 54.6 Å². The highest BCUT2D eigenvalue weighted by molar-refractivity contribution is 5.55. The second-order valence-corrected chi connectivity index (χ2v) is 7.56. The number of nitrogens with zero attached hydrogens (tertiary/aromatic N) is 4. The third-order valence-electron chi connectivity index (χ3n) is 4.96. The van der Waals surface area contributed by atoms with E-state index < -0.39 is 0 Å². The predicted molar refractivity (Wildman–Crippen MR) is 118 cm³/mol. The number of aromatic nitrogens is 4. The Labute approximate surface area is 175 Å². The van der Waals surface area contributed by atoms with Gasteiger partial charge in [0.05, 0.1) is 6.54 Å². The van der Waals surface area contributed by atoms with Gasteiger partial charge in [-0.2, -0.15) is 0 Å². The summed E-state index contributed by atoms with van der Waals surface area (Å²) in [6.45, 7) is 4.20. The molecule has 0 radical (unpaired) electrons. The average molecular weight is 399 g/mol. The molecule has 0 amide bonds. The lowest BCUT2D eigenvalue weighted by molar-refractivity contribution is 0.306. The van der Waals surface area contributed by atoms with Crippen LogP contribution in [0.2, 0.25) is 0 Å². The van der Waals surface area contributed by atoms with Crippen LogP contribution in [0, 0.1) is 6.92 Å². The van der Waals surface area contributed by atoms with E-state index in [0.29, 0.717) is 11.5 Å². The Kier molecular flexibility index (Phi) is 5.86. The van der Waals surface area contributed by atoms with Crippen LogP contribution < -0.4 is 5.56 Å². The van der Waals surface area contributed by atoms with Gasteiger partial charge in [-0.05, 0) is 25.1 Å². The second kappa shape index (κ2) is 8.88. The predicted octanol–water partition coefficient (Wildman–Crippen LogP) is 3.62. The summed E-state index contributed by atoms with van der Waals surface area (Å²) in [5.41, 5.74) is 3.94. The molecule has 0 spiro atoms. The first-order valence-electron chi connectivity index (χ1n) is 9.96. The van der Waals surface area contributed by atoms with E-state index in [4.69, 9.17) is 0 Å². The Hall–Kier alpha value is -3.51. The van der Waals surface area contributed by atoms with Gasteiger partial charge in [-0.3, -0.25) is 9.69 Å². The first kappa shape index (κ1) is 19.8. The third-order valence-corrected chi connectivity index (χ3v) is 4.96. The van der Waals surface area contributed by atoms with Crippen molar-refractivity contribution < 1.29 is 0 Å². The lowest BCUT2D eigenvalue weighted by Gasteiger charge is -2.18. The molecule has 0 aliphatic heterocycles. The summed E-state index contributed by atoms with van der Waals surface area (Å²) in [6.07, 6.45) is 3.89. The third kappa shape index (κ3) is 4.90. The quantitative estimate of drug-likeness (QED) is 0.515. The van der Waals surface area contributed by atoms with Gasteiger partial charge in [0.1, 0.15) is 11.6 Å². The summed E-state index contributed by atoms with van der Waals surface area (Å²) in [5, 5.41) is 0. The Morgan fingerprint density at radius 1 is 1.00 bits per heavy atom. The largest absolute Gasteiger partial charge is 0.329 e. The maximum Gasteiger partial charge on any atom is 0.251 e. The van der Waals surface area contributed by atoms with Crippen molar-refractivity contribution in [1.82, 2.24) is 24.4 Å². The van der Waals surface area contributed by atoms with E-state index in [-0.39, 0.29) is 5.56 Å². The molecule has 0 aliphatic rings. The zero-order chi connectivity index (χ0) is 20.9. The summed E-state index contributed by atoms with van der Waals surface area (Å²) in [5.74, 6) is 1.64. The van der Waals surface area contributed by atoms with E-state index in [1.54, 1.807) is 0 Å². The van der Waals surface area contributed by atoms with Crippen LogP contribution in [0.4, 0.5) is 0 Å². The average Bonchev–Trinajstić information content (AvgIpc) is 3.15. The van der Waals surface area contributed by atoms with Crippen molar-refractivity contribution in [2.24, 2.45) is 0 Å². The Morgan fingerprint density at radius 2 is 1.77 bits per heavy atom. The van der Waals surface area contributed by atoms with E-state index in [1.807, 2.05) is 37.5 Å². The van der Waals surface area contributed by atoms with Gasteiger partial charge in [-0.25, -0.2) is 9.97 Å². The minimum absolute atomic E-state index is 0.132. The molecule has 0 atom stereocenters. The smallest absolute Gasteiger partial charge is 0.251 e. The molecule has 1 N–H and O–H groups in total. The van der Waals surface area contributed by atoms with Crippen LogP contribution in [0.1, 0.15) is 22.6 Å². The van der Waals surface area contributed by atoms with Crippen molar-refractivity contribution >= 4 is 0 Å². The summed E-state index contributed by atoms with van der Waals surface area (Å²) < 4.78 is 2.19. The number of imidazole rings is 1. The number of hydrogen-bond donors (Lipinski definition) is 1. The van der Waals surface area contributed by atoms with Gasteiger partial charge in [-0.15, -0.1) is 0 Å². The maximum atomic E-state index is 11.7. The van der Waals surface area contributed by atoms with Crippen LogP contribution in [-0.2, 0) is 19.6 Å². The van der Waals surface area contributed by atoms with Crippen LogP contribution in [0.15, 0.2) is 77.9 Å². The minimum atomic E-state index is -0.132. The fraction of sp³-hybridized carbons (Fsp3) is 0.208. The van der Waals surface area contributed by atoms with Crippen molar-refractivity contribution in [1.29, 1.82) is 0 Å². The van der Waals surface area contributed by atoms with Crippen LogP contribution in [0.5, 0.6) is 0 Å². The Bertz CT molecular complexity index is 1160. The van der Waals surface area contributed by atoms with Gasteiger partial charge < -0.3 is 9.55 Å². The van der Waals surface area contributed by atoms with Gasteiger partial charge >= 0.3 is 0 Å². The van der Waals surface area contributed by atoms with E-state index >= 15 is 0 Å². The van der Waals surface area contributed by atoms with Crippen LogP contribution in [0.3, 0.4) is 0 Å². The molecule has 0 unspecified atom stereocenters. The molecule has 152 valence electrons. The minimum Gasteiger partial charge on any atom is -0.329 e. The fourth-order valence-electron chi connectivity index (χ4n) is 3.51. The molecule has 30 heavy (non-hydrogen) atoms. The molecule has 2 aromatic heterocycles. The number of aryl methyl sites for hydroxylation is 1. The molecule has 0 bridgehead atoms. The van der Waals surface area contributed by atoms with Gasteiger partial charge in [0.2, 0.25) is 0 Å². The van der Waals surface area contributed by atoms with Gasteiger partial charge in [0, 0.05) is 42.8 Å². The lowest BCUT2D eigenvalue weighted by atomic mass is 10.1.